The summed E-state index contributed by atoms with van der Waals surface area (Å²) < 4.78 is 6.62. The second-order valence-corrected chi connectivity index (χ2v) is 10.1. The number of hydrogen-bond acceptors (Lipinski definition) is 1. The summed E-state index contributed by atoms with van der Waals surface area (Å²) in [5.41, 5.74) is 9.57. The van der Waals surface area contributed by atoms with E-state index >= 15 is 0 Å². The van der Waals surface area contributed by atoms with Gasteiger partial charge in [0.05, 0.1) is 0 Å². The molecule has 7 aromatic carbocycles. The van der Waals surface area contributed by atoms with E-state index in [-0.39, 0.29) is 0 Å². The third-order valence-corrected chi connectivity index (χ3v) is 7.88. The van der Waals surface area contributed by atoms with Gasteiger partial charge in [-0.1, -0.05) is 121 Å². The van der Waals surface area contributed by atoms with Crippen LogP contribution in [0.5, 0.6) is 11.5 Å². The normalized spacial score (nSPS) is 11.8. The summed E-state index contributed by atoms with van der Waals surface area (Å²) >= 11 is 0. The Morgan fingerprint density at radius 3 is 1.87 bits per heavy atom. The molecular weight excluding hydrogens is 472 g/mol. The molecular formula is C38H24O. The van der Waals surface area contributed by atoms with Gasteiger partial charge in [-0.05, 0) is 79.4 Å². The first-order valence-electron chi connectivity index (χ1n) is 13.4. The molecule has 1 aliphatic rings. The molecule has 0 atom stereocenters. The number of hydrogen-bond donors (Lipinski definition) is 0. The van der Waals surface area contributed by atoms with Gasteiger partial charge in [-0.25, -0.2) is 0 Å². The first-order valence-corrected chi connectivity index (χ1v) is 13.4. The Kier molecular flexibility index (Phi) is 4.89. The van der Waals surface area contributed by atoms with Crippen molar-refractivity contribution in [2.24, 2.45) is 0 Å². The molecule has 1 heterocycles. The number of ether oxygens (including phenoxy) is 1. The molecule has 0 saturated heterocycles. The maximum absolute atomic E-state index is 6.62. The van der Waals surface area contributed by atoms with Crippen LogP contribution in [0.15, 0.2) is 146 Å². The van der Waals surface area contributed by atoms with Gasteiger partial charge >= 0.3 is 0 Å². The van der Waals surface area contributed by atoms with Crippen LogP contribution in [0, 0.1) is 0 Å². The molecule has 0 N–H and O–H groups in total. The fourth-order valence-corrected chi connectivity index (χ4v) is 6.01. The lowest BCUT2D eigenvalue weighted by Crippen LogP contribution is -1.98. The van der Waals surface area contributed by atoms with E-state index in [2.05, 4.69) is 146 Å². The molecule has 39 heavy (non-hydrogen) atoms. The molecule has 182 valence electrons. The molecule has 1 nitrogen and oxygen atoms in total. The lowest BCUT2D eigenvalue weighted by atomic mass is 9.88. The summed E-state index contributed by atoms with van der Waals surface area (Å²) in [5, 5.41) is 4.89. The molecule has 7 aromatic rings. The smallest absolute Gasteiger partial charge is 0.135 e. The fourth-order valence-electron chi connectivity index (χ4n) is 6.01. The summed E-state index contributed by atoms with van der Waals surface area (Å²) in [4.78, 5) is 0. The van der Waals surface area contributed by atoms with Crippen molar-refractivity contribution in [2.75, 3.05) is 0 Å². The van der Waals surface area contributed by atoms with Crippen LogP contribution in [-0.2, 0) is 0 Å². The minimum absolute atomic E-state index is 0.897. The highest BCUT2D eigenvalue weighted by Crippen LogP contribution is 2.50. The molecule has 1 aliphatic heterocycles. The third-order valence-electron chi connectivity index (χ3n) is 7.88. The van der Waals surface area contributed by atoms with Crippen molar-refractivity contribution < 1.29 is 4.74 Å². The van der Waals surface area contributed by atoms with E-state index in [0.717, 1.165) is 22.6 Å². The highest BCUT2D eigenvalue weighted by Gasteiger charge is 2.22. The highest BCUT2D eigenvalue weighted by molar-refractivity contribution is 6.10. The van der Waals surface area contributed by atoms with E-state index in [0.29, 0.717) is 0 Å². The predicted molar refractivity (Wildman–Crippen MR) is 163 cm³/mol. The zero-order valence-corrected chi connectivity index (χ0v) is 21.3. The van der Waals surface area contributed by atoms with Crippen LogP contribution in [-0.4, -0.2) is 0 Å². The molecule has 1 heteroatoms. The molecule has 0 spiro atoms. The SMILES string of the molecule is c1ccc(-c2ccccc2-c2ccc3c(c2)Oc2cccc4c(-c5ccc6ccccc6c5)ccc-3c24)cc1. The Bertz CT molecular complexity index is 2040. The van der Waals surface area contributed by atoms with Crippen LogP contribution >= 0.6 is 0 Å². The molecule has 0 amide bonds. The largest absolute Gasteiger partial charge is 0.456 e. The van der Waals surface area contributed by atoms with Crippen molar-refractivity contribution in [3.8, 4) is 56.0 Å². The van der Waals surface area contributed by atoms with E-state index in [4.69, 9.17) is 4.74 Å². The molecule has 0 radical (unpaired) electrons. The summed E-state index contributed by atoms with van der Waals surface area (Å²) in [6.07, 6.45) is 0. The van der Waals surface area contributed by atoms with Gasteiger partial charge in [-0.2, -0.15) is 0 Å². The average Bonchev–Trinajstić information content (AvgIpc) is 3.01. The minimum Gasteiger partial charge on any atom is -0.456 e. The monoisotopic (exact) mass is 496 g/mol. The molecule has 8 rings (SSSR count). The Labute approximate surface area is 227 Å². The lowest BCUT2D eigenvalue weighted by molar-refractivity contribution is 0.487. The average molecular weight is 497 g/mol. The van der Waals surface area contributed by atoms with Gasteiger partial charge < -0.3 is 4.74 Å². The second-order valence-electron chi connectivity index (χ2n) is 10.1. The van der Waals surface area contributed by atoms with Crippen LogP contribution in [0.3, 0.4) is 0 Å². The highest BCUT2D eigenvalue weighted by atomic mass is 16.5. The van der Waals surface area contributed by atoms with Crippen LogP contribution in [0.1, 0.15) is 0 Å². The van der Waals surface area contributed by atoms with Crippen molar-refractivity contribution in [3.05, 3.63) is 146 Å². The summed E-state index contributed by atoms with van der Waals surface area (Å²) in [7, 11) is 0. The zero-order chi connectivity index (χ0) is 25.8. The standard InChI is InChI=1S/C38H24O/c1-2-10-26(11-3-1)30-13-6-7-14-31(30)29-19-20-33-35-22-21-32(28-18-17-25-9-4-5-12-27(25)23-28)34-15-8-16-36(38(34)35)39-37(33)24-29/h1-24H. The van der Waals surface area contributed by atoms with Crippen LogP contribution < -0.4 is 4.74 Å². The van der Waals surface area contributed by atoms with Gasteiger partial charge in [0.2, 0.25) is 0 Å². The first kappa shape index (κ1) is 21.9. The van der Waals surface area contributed by atoms with Gasteiger partial charge in [0.15, 0.2) is 0 Å². The van der Waals surface area contributed by atoms with Gasteiger partial charge in [-0.3, -0.25) is 0 Å². The Balaban J connectivity index is 1.27. The molecule has 0 fully saturated rings. The number of fused-ring (bicyclic) bond motifs is 3. The molecule has 0 aliphatic carbocycles. The van der Waals surface area contributed by atoms with Crippen LogP contribution in [0.2, 0.25) is 0 Å². The van der Waals surface area contributed by atoms with Crippen molar-refractivity contribution in [1.29, 1.82) is 0 Å². The molecule has 0 unspecified atom stereocenters. The second kappa shape index (κ2) is 8.72. The Morgan fingerprint density at radius 2 is 1.00 bits per heavy atom. The predicted octanol–water partition coefficient (Wildman–Crippen LogP) is 10.8. The Hall–Kier alpha value is -5.14. The van der Waals surface area contributed by atoms with Gasteiger partial charge in [0, 0.05) is 10.9 Å². The Morgan fingerprint density at radius 1 is 0.333 bits per heavy atom. The van der Waals surface area contributed by atoms with E-state index in [1.54, 1.807) is 0 Å². The van der Waals surface area contributed by atoms with Crippen molar-refractivity contribution in [3.63, 3.8) is 0 Å². The minimum atomic E-state index is 0.897. The molecule has 0 aromatic heterocycles. The maximum Gasteiger partial charge on any atom is 0.135 e. The quantitative estimate of drug-likeness (QED) is 0.236. The summed E-state index contributed by atoms with van der Waals surface area (Å²) in [6, 6.07) is 51.9. The van der Waals surface area contributed by atoms with E-state index in [1.807, 2.05) is 0 Å². The molecule has 0 saturated carbocycles. The summed E-state index contributed by atoms with van der Waals surface area (Å²) in [6.45, 7) is 0. The molecule has 0 bridgehead atoms. The fraction of sp³-hybridized carbons (Fsp3) is 0. The first-order chi connectivity index (χ1) is 19.3. The number of benzene rings is 7. The van der Waals surface area contributed by atoms with Gasteiger partial charge in [-0.15, -0.1) is 0 Å². The van der Waals surface area contributed by atoms with Crippen molar-refractivity contribution in [1.82, 2.24) is 0 Å². The summed E-state index contributed by atoms with van der Waals surface area (Å²) in [5.74, 6) is 1.81. The van der Waals surface area contributed by atoms with Crippen LogP contribution in [0.25, 0.3) is 66.1 Å². The third kappa shape index (κ3) is 3.55. The number of rotatable bonds is 3. The zero-order valence-electron chi connectivity index (χ0n) is 21.3. The van der Waals surface area contributed by atoms with E-state index in [1.165, 1.54) is 54.9 Å². The van der Waals surface area contributed by atoms with Gasteiger partial charge in [0.1, 0.15) is 11.5 Å². The van der Waals surface area contributed by atoms with E-state index in [9.17, 15) is 0 Å². The maximum atomic E-state index is 6.62. The van der Waals surface area contributed by atoms with Crippen LogP contribution in [0.4, 0.5) is 0 Å². The van der Waals surface area contributed by atoms with Crippen molar-refractivity contribution in [2.45, 2.75) is 0 Å². The van der Waals surface area contributed by atoms with Crippen molar-refractivity contribution >= 4 is 21.5 Å². The van der Waals surface area contributed by atoms with E-state index < -0.39 is 0 Å². The lowest BCUT2D eigenvalue weighted by Gasteiger charge is -2.23. The topological polar surface area (TPSA) is 9.23 Å². The van der Waals surface area contributed by atoms with Gasteiger partial charge in [0.25, 0.3) is 0 Å².